The summed E-state index contributed by atoms with van der Waals surface area (Å²) in [5, 5.41) is 6.39. The number of amides is 2. The van der Waals surface area contributed by atoms with Crippen LogP contribution in [0.3, 0.4) is 0 Å². The third-order valence-electron chi connectivity index (χ3n) is 4.75. The number of rotatable bonds is 9. The molecule has 0 aliphatic rings. The van der Waals surface area contributed by atoms with Crippen molar-refractivity contribution in [3.05, 3.63) is 77.0 Å². The van der Waals surface area contributed by atoms with Crippen LogP contribution in [0, 0.1) is 0 Å². The normalized spacial score (nSPS) is 10.8. The number of para-hydroxylation sites is 1. The Morgan fingerprint density at radius 2 is 1.68 bits per heavy atom. The van der Waals surface area contributed by atoms with E-state index in [4.69, 9.17) is 16.0 Å². The van der Waals surface area contributed by atoms with Gasteiger partial charge in [-0.05, 0) is 61.5 Å². The Balaban J connectivity index is 1.44. The van der Waals surface area contributed by atoms with Gasteiger partial charge in [0.15, 0.2) is 0 Å². The Hall–Kier alpha value is -3.09. The molecule has 2 N–H and O–H groups in total. The lowest BCUT2D eigenvalue weighted by atomic mass is 10.1. The van der Waals surface area contributed by atoms with Gasteiger partial charge in [-0.25, -0.2) is 0 Å². The van der Waals surface area contributed by atoms with Gasteiger partial charge in [0.1, 0.15) is 11.5 Å². The quantitative estimate of drug-likeness (QED) is 0.519. The topological polar surface area (TPSA) is 74.6 Å². The lowest BCUT2D eigenvalue weighted by Crippen LogP contribution is -2.38. The number of benzene rings is 2. The van der Waals surface area contributed by atoms with Gasteiger partial charge in [-0.15, -0.1) is 0 Å². The fourth-order valence-electron chi connectivity index (χ4n) is 3.17. The first-order chi connectivity index (χ1) is 14.9. The molecule has 7 heteroatoms. The van der Waals surface area contributed by atoms with Crippen molar-refractivity contribution in [1.82, 2.24) is 10.2 Å². The van der Waals surface area contributed by atoms with Crippen LogP contribution in [0.15, 0.2) is 65.1 Å². The summed E-state index contributed by atoms with van der Waals surface area (Å²) < 4.78 is 5.78. The number of nitrogens with zero attached hydrogens (tertiary/aromatic N) is 1. The average Bonchev–Trinajstić information content (AvgIpc) is 3.22. The van der Waals surface area contributed by atoms with E-state index in [0.717, 1.165) is 23.2 Å². The molecule has 0 aliphatic carbocycles. The molecular weight excluding hydrogens is 414 g/mol. The SMILES string of the molecule is CCc1ccccc1NC(=O)CN(C)CC(=O)NCc1ccc(-c2ccc(Cl)cc2)o1. The predicted octanol–water partition coefficient (Wildman–Crippen LogP) is 4.35. The van der Waals surface area contributed by atoms with Crippen LogP contribution >= 0.6 is 11.6 Å². The van der Waals surface area contributed by atoms with Crippen molar-refractivity contribution in [2.24, 2.45) is 0 Å². The van der Waals surface area contributed by atoms with Crippen LogP contribution in [0.1, 0.15) is 18.2 Å². The molecule has 6 nitrogen and oxygen atoms in total. The molecule has 0 aliphatic heterocycles. The predicted molar refractivity (Wildman–Crippen MR) is 123 cm³/mol. The minimum Gasteiger partial charge on any atom is -0.459 e. The van der Waals surface area contributed by atoms with Gasteiger partial charge in [0.2, 0.25) is 11.8 Å². The number of carbonyl (C=O) groups excluding carboxylic acids is 2. The molecule has 3 aromatic rings. The third-order valence-corrected chi connectivity index (χ3v) is 5.00. The third kappa shape index (κ3) is 6.70. The van der Waals surface area contributed by atoms with Gasteiger partial charge in [-0.1, -0.05) is 36.7 Å². The highest BCUT2D eigenvalue weighted by atomic mass is 35.5. The van der Waals surface area contributed by atoms with E-state index >= 15 is 0 Å². The molecule has 1 aromatic heterocycles. The first-order valence-electron chi connectivity index (χ1n) is 10.1. The Kier molecular flexibility index (Phi) is 7.87. The maximum absolute atomic E-state index is 12.3. The van der Waals surface area contributed by atoms with Gasteiger partial charge in [0, 0.05) is 16.3 Å². The number of hydrogen-bond donors (Lipinski definition) is 2. The van der Waals surface area contributed by atoms with Crippen LogP contribution in [0.25, 0.3) is 11.3 Å². The molecule has 0 fully saturated rings. The smallest absolute Gasteiger partial charge is 0.238 e. The maximum atomic E-state index is 12.3. The molecule has 0 atom stereocenters. The van der Waals surface area contributed by atoms with E-state index in [1.54, 1.807) is 24.1 Å². The van der Waals surface area contributed by atoms with Crippen LogP contribution in [0.5, 0.6) is 0 Å². The molecular formula is C24H26ClN3O3. The monoisotopic (exact) mass is 439 g/mol. The minimum absolute atomic E-state index is 0.105. The number of aryl methyl sites for hydroxylation is 1. The molecule has 0 bridgehead atoms. The van der Waals surface area contributed by atoms with Gasteiger partial charge in [-0.2, -0.15) is 0 Å². The van der Waals surface area contributed by atoms with Crippen molar-refractivity contribution in [3.63, 3.8) is 0 Å². The van der Waals surface area contributed by atoms with Gasteiger partial charge >= 0.3 is 0 Å². The first-order valence-corrected chi connectivity index (χ1v) is 10.5. The van der Waals surface area contributed by atoms with E-state index in [1.807, 2.05) is 55.5 Å². The Morgan fingerprint density at radius 3 is 2.42 bits per heavy atom. The number of halogens is 1. The van der Waals surface area contributed by atoms with Gasteiger partial charge in [-0.3, -0.25) is 14.5 Å². The molecule has 31 heavy (non-hydrogen) atoms. The van der Waals surface area contributed by atoms with E-state index in [9.17, 15) is 9.59 Å². The standard InChI is InChI=1S/C24H26ClN3O3/c1-3-17-6-4-5-7-21(17)27-24(30)16-28(2)15-23(29)26-14-20-12-13-22(31-20)18-8-10-19(25)11-9-18/h4-13H,3,14-16H2,1-2H3,(H,26,29)(H,27,30). The van der Waals surface area contributed by atoms with Gasteiger partial charge in [0.05, 0.1) is 19.6 Å². The minimum atomic E-state index is -0.186. The van der Waals surface area contributed by atoms with E-state index < -0.39 is 0 Å². The van der Waals surface area contributed by atoms with E-state index in [0.29, 0.717) is 16.5 Å². The van der Waals surface area contributed by atoms with Crippen molar-refractivity contribution in [2.45, 2.75) is 19.9 Å². The lowest BCUT2D eigenvalue weighted by Gasteiger charge is -2.16. The van der Waals surface area contributed by atoms with E-state index in [-0.39, 0.29) is 31.4 Å². The second-order valence-corrected chi connectivity index (χ2v) is 7.72. The first kappa shape index (κ1) is 22.6. The average molecular weight is 440 g/mol. The van der Waals surface area contributed by atoms with Gasteiger partial charge < -0.3 is 15.1 Å². The van der Waals surface area contributed by atoms with Crippen molar-refractivity contribution in [2.75, 3.05) is 25.5 Å². The molecule has 0 saturated carbocycles. The zero-order valence-corrected chi connectivity index (χ0v) is 18.4. The summed E-state index contributed by atoms with van der Waals surface area (Å²) in [5.74, 6) is 1.01. The Morgan fingerprint density at radius 1 is 0.968 bits per heavy atom. The summed E-state index contributed by atoms with van der Waals surface area (Å²) in [6, 6.07) is 18.7. The molecule has 0 radical (unpaired) electrons. The van der Waals surface area contributed by atoms with E-state index in [1.165, 1.54) is 0 Å². The second-order valence-electron chi connectivity index (χ2n) is 7.28. The van der Waals surface area contributed by atoms with Crippen molar-refractivity contribution >= 4 is 29.1 Å². The van der Waals surface area contributed by atoms with Crippen LogP contribution in [-0.4, -0.2) is 36.9 Å². The number of anilines is 1. The lowest BCUT2D eigenvalue weighted by molar-refractivity contribution is -0.123. The number of hydrogen-bond acceptors (Lipinski definition) is 4. The highest BCUT2D eigenvalue weighted by Crippen LogP contribution is 2.23. The molecule has 3 rings (SSSR count). The van der Waals surface area contributed by atoms with Crippen LogP contribution in [-0.2, 0) is 22.6 Å². The van der Waals surface area contributed by atoms with Gasteiger partial charge in [0.25, 0.3) is 0 Å². The fourth-order valence-corrected chi connectivity index (χ4v) is 3.30. The van der Waals surface area contributed by atoms with E-state index in [2.05, 4.69) is 10.6 Å². The second kappa shape index (κ2) is 10.8. The van der Waals surface area contributed by atoms with Crippen LogP contribution in [0.4, 0.5) is 5.69 Å². The fraction of sp³-hybridized carbons (Fsp3) is 0.250. The summed E-state index contributed by atoms with van der Waals surface area (Å²) in [6.07, 6.45) is 0.835. The summed E-state index contributed by atoms with van der Waals surface area (Å²) in [7, 11) is 1.73. The molecule has 2 amide bonds. The molecule has 0 unspecified atom stereocenters. The highest BCUT2D eigenvalue weighted by molar-refractivity contribution is 6.30. The summed E-state index contributed by atoms with van der Waals surface area (Å²) in [4.78, 5) is 26.2. The zero-order chi connectivity index (χ0) is 22.2. The largest absolute Gasteiger partial charge is 0.459 e. The summed E-state index contributed by atoms with van der Waals surface area (Å²) in [5.41, 5.74) is 2.80. The number of likely N-dealkylation sites (N-methyl/N-ethyl adjacent to an activating group) is 1. The summed E-state index contributed by atoms with van der Waals surface area (Å²) >= 11 is 5.91. The highest BCUT2D eigenvalue weighted by Gasteiger charge is 2.13. The number of furan rings is 1. The molecule has 162 valence electrons. The maximum Gasteiger partial charge on any atom is 0.238 e. The van der Waals surface area contributed by atoms with Crippen molar-refractivity contribution in [1.29, 1.82) is 0 Å². The van der Waals surface area contributed by atoms with Crippen LogP contribution < -0.4 is 10.6 Å². The zero-order valence-electron chi connectivity index (χ0n) is 17.7. The molecule has 0 saturated heterocycles. The molecule has 1 heterocycles. The molecule has 0 spiro atoms. The Bertz CT molecular complexity index is 1030. The Labute approximate surface area is 187 Å². The number of nitrogens with one attached hydrogen (secondary N) is 2. The number of carbonyl (C=O) groups is 2. The summed E-state index contributed by atoms with van der Waals surface area (Å²) in [6.45, 7) is 2.54. The van der Waals surface area contributed by atoms with Crippen LogP contribution in [0.2, 0.25) is 5.02 Å². The van der Waals surface area contributed by atoms with Crippen molar-refractivity contribution in [3.8, 4) is 11.3 Å². The molecule has 2 aromatic carbocycles. The van der Waals surface area contributed by atoms with Crippen molar-refractivity contribution < 1.29 is 14.0 Å².